The Balaban J connectivity index is 1.91. The van der Waals surface area contributed by atoms with E-state index in [0.29, 0.717) is 22.2 Å². The SMILES string of the molecule is C=S(C)(=O)Nc1cc(C)c2c(Nc3ccc(F)cc3O[C@H](C)C(=O)NC(C(F)(F)F)C(F)(F)F)ncnc2c1. The summed E-state index contributed by atoms with van der Waals surface area (Å²) in [5.41, 5.74) is 1.48. The third kappa shape index (κ3) is 7.61. The van der Waals surface area contributed by atoms with Gasteiger partial charge < -0.3 is 20.1 Å². The number of rotatable bonds is 8. The van der Waals surface area contributed by atoms with E-state index in [4.69, 9.17) is 4.74 Å². The number of amides is 1. The first-order valence-corrected chi connectivity index (χ1v) is 13.0. The molecule has 3 N–H and O–H groups in total. The molecule has 0 fully saturated rings. The lowest BCUT2D eigenvalue weighted by atomic mass is 10.1. The molecule has 39 heavy (non-hydrogen) atoms. The summed E-state index contributed by atoms with van der Waals surface area (Å²) in [6, 6.07) is 2.09. The van der Waals surface area contributed by atoms with E-state index in [1.54, 1.807) is 19.1 Å². The summed E-state index contributed by atoms with van der Waals surface area (Å²) in [6.45, 7) is 2.61. The first kappa shape index (κ1) is 29.7. The number of aryl methyl sites for hydroxylation is 1. The van der Waals surface area contributed by atoms with Crippen LogP contribution in [0.25, 0.3) is 10.9 Å². The first-order valence-electron chi connectivity index (χ1n) is 10.9. The molecule has 3 aromatic rings. The summed E-state index contributed by atoms with van der Waals surface area (Å²) >= 11 is 0. The van der Waals surface area contributed by atoms with Crippen LogP contribution in [0, 0.1) is 12.7 Å². The molecule has 1 unspecified atom stereocenters. The number of fused-ring (bicyclic) bond motifs is 1. The Morgan fingerprint density at radius 2 is 1.72 bits per heavy atom. The molecule has 0 aliphatic rings. The highest BCUT2D eigenvalue weighted by molar-refractivity contribution is 8.00. The van der Waals surface area contributed by atoms with Gasteiger partial charge in [-0.15, -0.1) is 0 Å². The minimum atomic E-state index is -5.80. The fraction of sp³-hybridized carbons (Fsp3) is 0.304. The average molecular weight is 582 g/mol. The zero-order valence-electron chi connectivity index (χ0n) is 20.5. The highest BCUT2D eigenvalue weighted by Gasteiger charge is 2.57. The lowest BCUT2D eigenvalue weighted by molar-refractivity contribution is -0.258. The van der Waals surface area contributed by atoms with Gasteiger partial charge in [-0.1, -0.05) is 0 Å². The average Bonchev–Trinajstić information content (AvgIpc) is 2.76. The highest BCUT2D eigenvalue weighted by Crippen LogP contribution is 2.35. The van der Waals surface area contributed by atoms with Crippen molar-refractivity contribution in [2.75, 3.05) is 16.3 Å². The number of benzene rings is 2. The Morgan fingerprint density at radius 1 is 1.08 bits per heavy atom. The number of carbonyl (C=O) groups excluding carboxylic acids is 1. The van der Waals surface area contributed by atoms with Gasteiger partial charge in [0.15, 0.2) is 6.10 Å². The Morgan fingerprint density at radius 3 is 2.31 bits per heavy atom. The van der Waals surface area contributed by atoms with Crippen molar-refractivity contribution in [2.45, 2.75) is 38.3 Å². The van der Waals surface area contributed by atoms with Gasteiger partial charge in [-0.25, -0.2) is 18.6 Å². The predicted molar refractivity (Wildman–Crippen MR) is 133 cm³/mol. The molecule has 0 radical (unpaired) electrons. The maximum Gasteiger partial charge on any atom is 0.417 e. The van der Waals surface area contributed by atoms with E-state index in [1.807, 2.05) is 0 Å². The number of halogens is 7. The van der Waals surface area contributed by atoms with Crippen LogP contribution in [0.4, 0.5) is 47.9 Å². The van der Waals surface area contributed by atoms with Crippen molar-refractivity contribution in [1.29, 1.82) is 0 Å². The first-order chi connectivity index (χ1) is 17.8. The lowest BCUT2D eigenvalue weighted by Crippen LogP contribution is -2.56. The summed E-state index contributed by atoms with van der Waals surface area (Å²) < 4.78 is 111. The van der Waals surface area contributed by atoms with Crippen LogP contribution in [0.15, 0.2) is 36.7 Å². The van der Waals surface area contributed by atoms with Crippen LogP contribution in [0.5, 0.6) is 5.75 Å². The third-order valence-electron chi connectivity index (χ3n) is 5.08. The van der Waals surface area contributed by atoms with E-state index in [-0.39, 0.29) is 11.5 Å². The number of ether oxygens (including phenoxy) is 1. The van der Waals surface area contributed by atoms with Crippen molar-refractivity contribution in [3.05, 3.63) is 48.0 Å². The van der Waals surface area contributed by atoms with Crippen molar-refractivity contribution in [1.82, 2.24) is 15.3 Å². The number of anilines is 3. The zero-order valence-corrected chi connectivity index (χ0v) is 21.3. The summed E-state index contributed by atoms with van der Waals surface area (Å²) in [6.07, 6.45) is -10.9. The van der Waals surface area contributed by atoms with E-state index in [0.717, 1.165) is 24.4 Å². The van der Waals surface area contributed by atoms with Gasteiger partial charge in [0.2, 0.25) is 6.04 Å². The van der Waals surface area contributed by atoms with Crippen LogP contribution < -0.4 is 20.1 Å². The molecule has 1 heterocycles. The molecule has 2 atom stereocenters. The van der Waals surface area contributed by atoms with Gasteiger partial charge in [0.1, 0.15) is 23.7 Å². The second kappa shape index (κ2) is 10.7. The number of alkyl halides is 6. The molecule has 3 rings (SSSR count). The van der Waals surface area contributed by atoms with Gasteiger partial charge >= 0.3 is 12.4 Å². The Labute approximate surface area is 218 Å². The molecule has 1 aromatic heterocycles. The van der Waals surface area contributed by atoms with Crippen molar-refractivity contribution in [3.8, 4) is 5.75 Å². The number of nitrogens with zero attached hydrogens (tertiary/aromatic N) is 2. The fourth-order valence-electron chi connectivity index (χ4n) is 3.47. The van der Waals surface area contributed by atoms with Gasteiger partial charge in [-0.3, -0.25) is 4.79 Å². The Hall–Kier alpha value is -3.82. The van der Waals surface area contributed by atoms with Gasteiger partial charge in [0, 0.05) is 33.1 Å². The fourth-order valence-corrected chi connectivity index (χ4v) is 4.09. The van der Waals surface area contributed by atoms with Gasteiger partial charge in [-0.05, 0) is 49.5 Å². The van der Waals surface area contributed by atoms with E-state index in [9.17, 15) is 39.7 Å². The maximum absolute atomic E-state index is 14.0. The largest absolute Gasteiger partial charge is 0.479 e. The van der Waals surface area contributed by atoms with Crippen molar-refractivity contribution in [3.63, 3.8) is 0 Å². The van der Waals surface area contributed by atoms with E-state index in [1.165, 1.54) is 18.6 Å². The third-order valence-corrected chi connectivity index (χ3v) is 5.75. The predicted octanol–water partition coefficient (Wildman–Crippen LogP) is 4.87. The van der Waals surface area contributed by atoms with Crippen LogP contribution in [0.2, 0.25) is 0 Å². The second-order valence-electron chi connectivity index (χ2n) is 8.57. The molecular weight excluding hydrogens is 559 g/mol. The van der Waals surface area contributed by atoms with E-state index >= 15 is 0 Å². The number of nitrogens with one attached hydrogen (secondary N) is 3. The lowest BCUT2D eigenvalue weighted by Gasteiger charge is -2.25. The molecule has 0 aliphatic heterocycles. The quantitative estimate of drug-likeness (QED) is 0.259. The molecule has 0 bridgehead atoms. The standard InChI is InChI=1S/C23H22F7N5O3S/c1-11-7-14(35-39(3,4)37)9-16-18(11)19(32-10-31-16)33-15-6-5-13(24)8-17(15)38-12(2)20(36)34-21(22(25,26)27)23(28,29)30/h5-10,12,21H,3H2,1-2,4H3,(H,34,36)(H,35,37)(H,31,32,33)/t12-,39?/m1/s1. The van der Waals surface area contributed by atoms with E-state index in [2.05, 4.69) is 25.9 Å². The van der Waals surface area contributed by atoms with Gasteiger partial charge in [-0.2, -0.15) is 26.3 Å². The molecule has 16 heteroatoms. The molecule has 2 aromatic carbocycles. The molecule has 0 aliphatic carbocycles. The van der Waals surface area contributed by atoms with Crippen molar-refractivity contribution < 1.29 is 44.5 Å². The van der Waals surface area contributed by atoms with Crippen molar-refractivity contribution in [2.24, 2.45) is 0 Å². The molecular formula is C23H22F7N5O3S. The van der Waals surface area contributed by atoms with E-state index < -0.39 is 51.7 Å². The molecule has 0 saturated carbocycles. The van der Waals surface area contributed by atoms with Crippen molar-refractivity contribution >= 4 is 49.6 Å². The summed E-state index contributed by atoms with van der Waals surface area (Å²) in [5.74, 6) is 0.728. The maximum atomic E-state index is 14.0. The van der Waals surface area contributed by atoms with Gasteiger partial charge in [0.25, 0.3) is 5.91 Å². The monoisotopic (exact) mass is 581 g/mol. The number of carbonyl (C=O) groups is 1. The summed E-state index contributed by atoms with van der Waals surface area (Å²) in [7, 11) is -2.59. The molecule has 212 valence electrons. The summed E-state index contributed by atoms with van der Waals surface area (Å²) in [4.78, 5) is 20.5. The number of aromatic nitrogens is 2. The van der Waals surface area contributed by atoms with Gasteiger partial charge in [0.05, 0.1) is 11.2 Å². The Kier molecular flexibility index (Phi) is 8.19. The van der Waals surface area contributed by atoms with Crippen LogP contribution in [0.3, 0.4) is 0 Å². The Bertz CT molecular complexity index is 1480. The highest BCUT2D eigenvalue weighted by atomic mass is 32.2. The molecule has 0 spiro atoms. The normalized spacial score (nSPS) is 14.5. The minimum absolute atomic E-state index is 0.00446. The number of hydrogen-bond acceptors (Lipinski definition) is 6. The molecule has 0 saturated heterocycles. The summed E-state index contributed by atoms with van der Waals surface area (Å²) in [5, 5.41) is 4.22. The van der Waals surface area contributed by atoms with Crippen LogP contribution in [-0.4, -0.2) is 56.7 Å². The topological polar surface area (TPSA) is 105 Å². The van der Waals surface area contributed by atoms with Crippen LogP contribution >= 0.6 is 0 Å². The van der Waals surface area contributed by atoms with Crippen LogP contribution in [-0.2, 0) is 14.5 Å². The second-order valence-corrected chi connectivity index (χ2v) is 10.8. The minimum Gasteiger partial charge on any atom is -0.479 e. The molecule has 8 nitrogen and oxygen atoms in total. The number of hydrogen-bond donors (Lipinski definition) is 3. The smallest absolute Gasteiger partial charge is 0.417 e. The zero-order chi connectivity index (χ0) is 29.3. The molecule has 1 amide bonds. The van der Waals surface area contributed by atoms with Crippen LogP contribution in [0.1, 0.15) is 12.5 Å².